The molecule has 1 aliphatic rings. The monoisotopic (exact) mass is 244 g/mol. The van der Waals surface area contributed by atoms with E-state index in [0.717, 1.165) is 6.42 Å². The maximum atomic E-state index is 11.9. The summed E-state index contributed by atoms with van der Waals surface area (Å²) in [6, 6.07) is -0.289. The van der Waals surface area contributed by atoms with Gasteiger partial charge in [-0.05, 0) is 26.2 Å². The first-order valence-corrected chi connectivity index (χ1v) is 5.93. The van der Waals surface area contributed by atoms with E-state index in [1.165, 1.54) is 4.90 Å². The smallest absolute Gasteiger partial charge is 0.317 e. The number of amides is 2. The van der Waals surface area contributed by atoms with Crippen LogP contribution in [0, 0.1) is 0 Å². The Morgan fingerprint density at radius 3 is 2.41 bits per heavy atom. The quantitative estimate of drug-likeness (QED) is 0.631. The Balaban J connectivity index is 2.55. The predicted molar refractivity (Wildman–Crippen MR) is 61.7 cm³/mol. The van der Waals surface area contributed by atoms with Gasteiger partial charge >= 0.3 is 12.0 Å². The molecule has 1 fully saturated rings. The molecule has 1 rings (SSSR count). The first-order valence-electron chi connectivity index (χ1n) is 5.93. The van der Waals surface area contributed by atoms with Crippen molar-refractivity contribution in [2.24, 2.45) is 0 Å². The Hall–Kier alpha value is -1.30. The second-order valence-electron chi connectivity index (χ2n) is 4.44. The van der Waals surface area contributed by atoms with Crippen molar-refractivity contribution in [3.63, 3.8) is 0 Å². The number of aliphatic hydroxyl groups excluding tert-OH is 1. The minimum Gasteiger partial charge on any atom is -0.481 e. The standard InChI is InChI=1S/C11H20N2O4/c1-2-13(6-7-14)10(17)12-11(4-3-5-11)8-9(15)16/h14H,2-8H2,1H3,(H,12,17)(H,15,16). The molecule has 3 N–H and O–H groups in total. The van der Waals surface area contributed by atoms with Crippen molar-refractivity contribution in [3.8, 4) is 0 Å². The summed E-state index contributed by atoms with van der Waals surface area (Å²) in [6.07, 6.45) is 2.33. The van der Waals surface area contributed by atoms with Gasteiger partial charge in [-0.15, -0.1) is 0 Å². The molecule has 0 bridgehead atoms. The second kappa shape index (κ2) is 5.86. The van der Waals surface area contributed by atoms with Crippen LogP contribution in [-0.4, -0.2) is 52.3 Å². The van der Waals surface area contributed by atoms with Gasteiger partial charge in [-0.25, -0.2) is 4.79 Å². The number of aliphatic hydroxyl groups is 1. The van der Waals surface area contributed by atoms with Gasteiger partial charge in [0.1, 0.15) is 0 Å². The normalized spacial score (nSPS) is 17.1. The third kappa shape index (κ3) is 3.59. The molecule has 0 aromatic rings. The summed E-state index contributed by atoms with van der Waals surface area (Å²) in [7, 11) is 0. The molecule has 0 radical (unpaired) electrons. The number of hydrogen-bond acceptors (Lipinski definition) is 3. The van der Waals surface area contributed by atoms with Crippen molar-refractivity contribution in [1.82, 2.24) is 10.2 Å². The van der Waals surface area contributed by atoms with Gasteiger partial charge in [-0.1, -0.05) is 0 Å². The van der Waals surface area contributed by atoms with Crippen LogP contribution < -0.4 is 5.32 Å². The largest absolute Gasteiger partial charge is 0.481 e. The van der Waals surface area contributed by atoms with Crippen LogP contribution in [0.2, 0.25) is 0 Å². The predicted octanol–water partition coefficient (Wildman–Crippen LogP) is 0.408. The SMILES string of the molecule is CCN(CCO)C(=O)NC1(CC(=O)O)CCC1. The lowest BCUT2D eigenvalue weighted by Crippen LogP contribution is -2.58. The fourth-order valence-electron chi connectivity index (χ4n) is 2.07. The first kappa shape index (κ1) is 13.8. The second-order valence-corrected chi connectivity index (χ2v) is 4.44. The van der Waals surface area contributed by atoms with Crippen LogP contribution in [0.3, 0.4) is 0 Å². The van der Waals surface area contributed by atoms with Crippen molar-refractivity contribution in [3.05, 3.63) is 0 Å². The number of aliphatic carboxylic acids is 1. The summed E-state index contributed by atoms with van der Waals surface area (Å²) in [4.78, 5) is 24.1. The van der Waals surface area contributed by atoms with Crippen molar-refractivity contribution in [2.45, 2.75) is 38.1 Å². The minimum absolute atomic E-state index is 0.0323. The molecular formula is C11H20N2O4. The Kier molecular flexibility index (Phi) is 4.74. The Morgan fingerprint density at radius 1 is 1.41 bits per heavy atom. The van der Waals surface area contributed by atoms with Gasteiger partial charge in [0.15, 0.2) is 0 Å². The van der Waals surface area contributed by atoms with Gasteiger partial charge in [-0.2, -0.15) is 0 Å². The lowest BCUT2D eigenvalue weighted by molar-refractivity contribution is -0.139. The average Bonchev–Trinajstić information content (AvgIpc) is 2.21. The van der Waals surface area contributed by atoms with Gasteiger partial charge in [0.05, 0.1) is 18.6 Å². The molecule has 0 atom stereocenters. The molecule has 2 amide bonds. The zero-order chi connectivity index (χ0) is 12.9. The number of carbonyl (C=O) groups excluding carboxylic acids is 1. The van der Waals surface area contributed by atoms with Gasteiger partial charge in [0.25, 0.3) is 0 Å². The molecule has 17 heavy (non-hydrogen) atoms. The number of nitrogens with zero attached hydrogens (tertiary/aromatic N) is 1. The average molecular weight is 244 g/mol. The van der Waals surface area contributed by atoms with Crippen LogP contribution in [0.25, 0.3) is 0 Å². The highest BCUT2D eigenvalue weighted by atomic mass is 16.4. The fourth-order valence-corrected chi connectivity index (χ4v) is 2.07. The molecule has 0 heterocycles. The van der Waals surface area contributed by atoms with E-state index in [9.17, 15) is 9.59 Å². The Labute approximate surface area is 101 Å². The molecule has 0 aromatic carbocycles. The number of rotatable bonds is 6. The lowest BCUT2D eigenvalue weighted by atomic mass is 9.74. The molecule has 0 spiro atoms. The summed E-state index contributed by atoms with van der Waals surface area (Å²) < 4.78 is 0. The van der Waals surface area contributed by atoms with E-state index >= 15 is 0 Å². The highest BCUT2D eigenvalue weighted by Crippen LogP contribution is 2.35. The van der Waals surface area contributed by atoms with Crippen LogP contribution in [0.4, 0.5) is 4.79 Å². The molecule has 0 aliphatic heterocycles. The number of carboxylic acid groups (broad SMARTS) is 1. The highest BCUT2D eigenvalue weighted by molar-refractivity contribution is 5.77. The van der Waals surface area contributed by atoms with Gasteiger partial charge < -0.3 is 20.4 Å². The van der Waals surface area contributed by atoms with E-state index in [-0.39, 0.29) is 25.6 Å². The molecule has 0 unspecified atom stereocenters. The fraction of sp³-hybridized carbons (Fsp3) is 0.818. The number of nitrogens with one attached hydrogen (secondary N) is 1. The Morgan fingerprint density at radius 2 is 2.06 bits per heavy atom. The van der Waals surface area contributed by atoms with E-state index in [2.05, 4.69) is 5.32 Å². The number of likely N-dealkylation sites (N-methyl/N-ethyl adjacent to an activating group) is 1. The topological polar surface area (TPSA) is 89.9 Å². The summed E-state index contributed by atoms with van der Waals surface area (Å²) in [5.74, 6) is -0.893. The van der Waals surface area contributed by atoms with E-state index in [1.54, 1.807) is 0 Å². The Bertz CT molecular complexity index is 289. The zero-order valence-corrected chi connectivity index (χ0v) is 10.1. The number of carboxylic acids is 1. The minimum atomic E-state index is -0.893. The maximum absolute atomic E-state index is 11.9. The summed E-state index contributed by atoms with van der Waals surface area (Å²) in [5, 5.41) is 20.4. The van der Waals surface area contributed by atoms with Crippen LogP contribution in [0.5, 0.6) is 0 Å². The summed E-state index contributed by atoms with van der Waals surface area (Å²) in [6.45, 7) is 2.49. The van der Waals surface area contributed by atoms with Crippen molar-refractivity contribution >= 4 is 12.0 Å². The summed E-state index contributed by atoms with van der Waals surface area (Å²) in [5.41, 5.74) is -0.578. The maximum Gasteiger partial charge on any atom is 0.317 e. The molecule has 0 aromatic heterocycles. The van der Waals surface area contributed by atoms with E-state index in [4.69, 9.17) is 10.2 Å². The van der Waals surface area contributed by atoms with Gasteiger partial charge in [0.2, 0.25) is 0 Å². The van der Waals surface area contributed by atoms with Crippen LogP contribution >= 0.6 is 0 Å². The lowest BCUT2D eigenvalue weighted by Gasteiger charge is -2.42. The van der Waals surface area contributed by atoms with Crippen LogP contribution in [0.1, 0.15) is 32.6 Å². The number of carbonyl (C=O) groups is 2. The number of urea groups is 1. The number of hydrogen-bond donors (Lipinski definition) is 3. The van der Waals surface area contributed by atoms with Crippen molar-refractivity contribution in [2.75, 3.05) is 19.7 Å². The van der Waals surface area contributed by atoms with Gasteiger partial charge in [0, 0.05) is 13.1 Å². The molecule has 98 valence electrons. The molecule has 1 saturated carbocycles. The first-order chi connectivity index (χ1) is 8.03. The molecule has 0 saturated heterocycles. The van der Waals surface area contributed by atoms with Crippen molar-refractivity contribution in [1.29, 1.82) is 0 Å². The highest BCUT2D eigenvalue weighted by Gasteiger charge is 2.40. The van der Waals surface area contributed by atoms with E-state index in [1.807, 2.05) is 6.92 Å². The third-order valence-corrected chi connectivity index (χ3v) is 3.21. The van der Waals surface area contributed by atoms with Crippen molar-refractivity contribution < 1.29 is 19.8 Å². The van der Waals surface area contributed by atoms with Crippen LogP contribution in [0.15, 0.2) is 0 Å². The van der Waals surface area contributed by atoms with Crippen LogP contribution in [-0.2, 0) is 4.79 Å². The zero-order valence-electron chi connectivity index (χ0n) is 10.1. The molecule has 6 heteroatoms. The molecule has 1 aliphatic carbocycles. The third-order valence-electron chi connectivity index (χ3n) is 3.21. The summed E-state index contributed by atoms with van der Waals surface area (Å²) >= 11 is 0. The van der Waals surface area contributed by atoms with E-state index < -0.39 is 11.5 Å². The molecular weight excluding hydrogens is 224 g/mol. The van der Waals surface area contributed by atoms with Gasteiger partial charge in [-0.3, -0.25) is 4.79 Å². The molecule has 6 nitrogen and oxygen atoms in total. The van der Waals surface area contributed by atoms with E-state index in [0.29, 0.717) is 19.4 Å².